The molecule has 0 atom stereocenters. The third-order valence-corrected chi connectivity index (χ3v) is 4.87. The van der Waals surface area contributed by atoms with E-state index in [9.17, 15) is 0 Å². The van der Waals surface area contributed by atoms with E-state index in [4.69, 9.17) is 5.73 Å². The topological polar surface area (TPSA) is 38.9 Å². The summed E-state index contributed by atoms with van der Waals surface area (Å²) in [6, 6.07) is 6.08. The first-order chi connectivity index (χ1) is 7.20. The summed E-state index contributed by atoms with van der Waals surface area (Å²) >= 11 is 8.54. The molecule has 78 valence electrons. The average molecular weight is 348 g/mol. The van der Waals surface area contributed by atoms with Crippen LogP contribution in [0.2, 0.25) is 0 Å². The van der Waals surface area contributed by atoms with E-state index >= 15 is 0 Å². The van der Waals surface area contributed by atoms with Crippen LogP contribution < -0.4 is 5.73 Å². The predicted molar refractivity (Wildman–Crippen MR) is 70.8 cm³/mol. The van der Waals surface area contributed by atoms with Gasteiger partial charge in [0.2, 0.25) is 0 Å². The van der Waals surface area contributed by atoms with Gasteiger partial charge in [0.05, 0.1) is 0 Å². The summed E-state index contributed by atoms with van der Waals surface area (Å²) < 4.78 is 2.08. The zero-order valence-corrected chi connectivity index (χ0v) is 11.7. The molecular formula is C10H8Br2N2S. The average Bonchev–Trinajstić information content (AvgIpc) is 2.70. The molecule has 0 spiro atoms. The van der Waals surface area contributed by atoms with Crippen LogP contribution >= 0.6 is 43.2 Å². The lowest BCUT2D eigenvalue weighted by Gasteiger charge is -1.99. The van der Waals surface area contributed by atoms with E-state index in [0.29, 0.717) is 6.54 Å². The molecule has 5 heteroatoms. The molecule has 2 aromatic rings. The van der Waals surface area contributed by atoms with Gasteiger partial charge in [0.15, 0.2) is 0 Å². The van der Waals surface area contributed by atoms with Crippen molar-refractivity contribution in [3.63, 3.8) is 0 Å². The maximum Gasteiger partial charge on any atom is 0.123 e. The van der Waals surface area contributed by atoms with Crippen LogP contribution in [0.15, 0.2) is 33.3 Å². The molecule has 0 unspecified atom stereocenters. The molecule has 2 rings (SSSR count). The molecule has 1 aromatic heterocycles. The highest BCUT2D eigenvalue weighted by Gasteiger charge is 2.05. The second kappa shape index (κ2) is 4.74. The Labute approximate surface area is 109 Å². The van der Waals surface area contributed by atoms with Gasteiger partial charge in [-0.25, -0.2) is 4.98 Å². The van der Waals surface area contributed by atoms with E-state index in [1.165, 1.54) is 0 Å². The Morgan fingerprint density at radius 2 is 2.07 bits per heavy atom. The van der Waals surface area contributed by atoms with Gasteiger partial charge in [-0.1, -0.05) is 6.07 Å². The molecule has 1 heterocycles. The van der Waals surface area contributed by atoms with Gasteiger partial charge in [-0.05, 0) is 44.0 Å². The molecule has 0 saturated carbocycles. The van der Waals surface area contributed by atoms with Crippen LogP contribution in [0, 0.1) is 0 Å². The minimum Gasteiger partial charge on any atom is -0.326 e. The van der Waals surface area contributed by atoms with Gasteiger partial charge < -0.3 is 5.73 Å². The van der Waals surface area contributed by atoms with E-state index < -0.39 is 0 Å². The van der Waals surface area contributed by atoms with Crippen molar-refractivity contribution in [3.8, 4) is 10.6 Å². The molecular weight excluding hydrogens is 340 g/mol. The van der Waals surface area contributed by atoms with Crippen LogP contribution in [0.25, 0.3) is 10.6 Å². The first-order valence-electron chi connectivity index (χ1n) is 4.31. The van der Waals surface area contributed by atoms with Gasteiger partial charge in [-0.2, -0.15) is 0 Å². The number of thiazole rings is 1. The highest BCUT2D eigenvalue weighted by molar-refractivity contribution is 9.13. The third kappa shape index (κ3) is 2.47. The van der Waals surface area contributed by atoms with Crippen molar-refractivity contribution in [2.24, 2.45) is 5.73 Å². The zero-order valence-electron chi connectivity index (χ0n) is 7.71. The van der Waals surface area contributed by atoms with Gasteiger partial charge >= 0.3 is 0 Å². The van der Waals surface area contributed by atoms with E-state index in [0.717, 1.165) is 24.4 Å². The zero-order chi connectivity index (χ0) is 10.8. The highest BCUT2D eigenvalue weighted by Crippen LogP contribution is 2.31. The second-order valence-corrected chi connectivity index (χ2v) is 5.79. The molecule has 0 amide bonds. The second-order valence-electron chi connectivity index (χ2n) is 2.96. The van der Waals surface area contributed by atoms with Gasteiger partial charge in [-0.3, -0.25) is 0 Å². The maximum atomic E-state index is 5.55. The van der Waals surface area contributed by atoms with E-state index in [-0.39, 0.29) is 0 Å². The van der Waals surface area contributed by atoms with Crippen molar-refractivity contribution in [2.75, 3.05) is 0 Å². The summed E-state index contributed by atoms with van der Waals surface area (Å²) in [7, 11) is 0. The van der Waals surface area contributed by atoms with Crippen molar-refractivity contribution in [1.29, 1.82) is 0 Å². The molecule has 0 bridgehead atoms. The van der Waals surface area contributed by atoms with Crippen LogP contribution in [0.5, 0.6) is 0 Å². The van der Waals surface area contributed by atoms with Crippen molar-refractivity contribution in [3.05, 3.63) is 38.2 Å². The number of nitrogens with two attached hydrogens (primary N) is 1. The Bertz CT molecular complexity index is 482. The molecule has 0 aliphatic rings. The smallest absolute Gasteiger partial charge is 0.123 e. The quantitative estimate of drug-likeness (QED) is 0.897. The van der Waals surface area contributed by atoms with E-state index in [1.54, 1.807) is 11.3 Å². The lowest BCUT2D eigenvalue weighted by molar-refractivity contribution is 1.10. The Kier molecular flexibility index (Phi) is 3.56. The SMILES string of the molecule is NCc1cnc(-c2ccc(Br)c(Br)c2)s1. The highest BCUT2D eigenvalue weighted by atomic mass is 79.9. The summed E-state index contributed by atoms with van der Waals surface area (Å²) in [6.45, 7) is 0.551. The first-order valence-corrected chi connectivity index (χ1v) is 6.71. The van der Waals surface area contributed by atoms with Gasteiger partial charge in [-0.15, -0.1) is 11.3 Å². The molecule has 0 radical (unpaired) electrons. The number of hydrogen-bond donors (Lipinski definition) is 1. The Hall–Kier alpha value is -0.230. The Morgan fingerprint density at radius 3 is 2.67 bits per heavy atom. The summed E-state index contributed by atoms with van der Waals surface area (Å²) in [4.78, 5) is 5.43. The number of nitrogens with zero attached hydrogens (tertiary/aromatic N) is 1. The molecule has 0 aliphatic heterocycles. The number of hydrogen-bond acceptors (Lipinski definition) is 3. The summed E-state index contributed by atoms with van der Waals surface area (Å²) in [6.07, 6.45) is 1.83. The van der Waals surface area contributed by atoms with Crippen molar-refractivity contribution in [1.82, 2.24) is 4.98 Å². The lowest BCUT2D eigenvalue weighted by Crippen LogP contribution is -1.91. The van der Waals surface area contributed by atoms with Crippen LogP contribution in [0.1, 0.15) is 4.88 Å². The number of aromatic nitrogens is 1. The van der Waals surface area contributed by atoms with Crippen molar-refractivity contribution in [2.45, 2.75) is 6.54 Å². The van der Waals surface area contributed by atoms with Crippen LogP contribution in [0.4, 0.5) is 0 Å². The molecule has 1 aromatic carbocycles. The molecule has 0 aliphatic carbocycles. The van der Waals surface area contributed by atoms with E-state index in [2.05, 4.69) is 36.8 Å². The monoisotopic (exact) mass is 346 g/mol. The molecule has 15 heavy (non-hydrogen) atoms. The Morgan fingerprint density at radius 1 is 1.27 bits per heavy atom. The van der Waals surface area contributed by atoms with Crippen molar-refractivity contribution >= 4 is 43.2 Å². The Balaban J connectivity index is 2.40. The van der Waals surface area contributed by atoms with Crippen LogP contribution in [0.3, 0.4) is 0 Å². The third-order valence-electron chi connectivity index (χ3n) is 1.92. The molecule has 0 fully saturated rings. The van der Waals surface area contributed by atoms with E-state index in [1.807, 2.05) is 24.4 Å². The number of rotatable bonds is 2. The predicted octanol–water partition coefficient (Wildman–Crippen LogP) is 3.79. The largest absolute Gasteiger partial charge is 0.326 e. The normalized spacial score (nSPS) is 10.6. The number of benzene rings is 1. The molecule has 2 nitrogen and oxygen atoms in total. The number of halogens is 2. The minimum atomic E-state index is 0.551. The fourth-order valence-corrected chi connectivity index (χ4v) is 2.58. The summed E-state index contributed by atoms with van der Waals surface area (Å²) in [5, 5.41) is 1.00. The molecule has 0 saturated heterocycles. The van der Waals surface area contributed by atoms with Crippen LogP contribution in [-0.2, 0) is 6.54 Å². The van der Waals surface area contributed by atoms with Crippen LogP contribution in [-0.4, -0.2) is 4.98 Å². The summed E-state index contributed by atoms with van der Waals surface area (Å²) in [5.74, 6) is 0. The lowest BCUT2D eigenvalue weighted by atomic mass is 10.2. The van der Waals surface area contributed by atoms with Gasteiger partial charge in [0.1, 0.15) is 5.01 Å². The summed E-state index contributed by atoms with van der Waals surface area (Å²) in [5.41, 5.74) is 6.66. The fourth-order valence-electron chi connectivity index (χ4n) is 1.16. The fraction of sp³-hybridized carbons (Fsp3) is 0.100. The first kappa shape index (κ1) is 11.3. The van der Waals surface area contributed by atoms with Gasteiger partial charge in [0.25, 0.3) is 0 Å². The molecule has 2 N–H and O–H groups in total. The van der Waals surface area contributed by atoms with Crippen molar-refractivity contribution < 1.29 is 0 Å². The minimum absolute atomic E-state index is 0.551. The van der Waals surface area contributed by atoms with Gasteiger partial charge in [0, 0.05) is 32.1 Å². The maximum absolute atomic E-state index is 5.55. The standard InChI is InChI=1S/C10H8Br2N2S/c11-8-2-1-6(3-9(8)12)10-14-5-7(4-13)15-10/h1-3,5H,4,13H2.